The highest BCUT2D eigenvalue weighted by Crippen LogP contribution is 2.31. The highest BCUT2D eigenvalue weighted by Gasteiger charge is 2.11. The number of fused-ring (bicyclic) bond motifs is 1. The van der Waals surface area contributed by atoms with E-state index in [0.29, 0.717) is 33.7 Å². The van der Waals surface area contributed by atoms with Crippen LogP contribution in [-0.2, 0) is 4.79 Å². The van der Waals surface area contributed by atoms with E-state index >= 15 is 0 Å². The van der Waals surface area contributed by atoms with Gasteiger partial charge in [0.2, 0.25) is 5.95 Å². The quantitative estimate of drug-likeness (QED) is 0.620. The second-order valence-electron chi connectivity index (χ2n) is 5.13. The van der Waals surface area contributed by atoms with E-state index in [1.54, 1.807) is 25.3 Å². The molecule has 0 unspecified atom stereocenters. The van der Waals surface area contributed by atoms with Gasteiger partial charge in [0.1, 0.15) is 18.1 Å². The van der Waals surface area contributed by atoms with Crippen molar-refractivity contribution >= 4 is 45.9 Å². The van der Waals surface area contributed by atoms with Crippen LogP contribution in [0, 0.1) is 0 Å². The van der Waals surface area contributed by atoms with E-state index in [9.17, 15) is 4.79 Å². The zero-order valence-corrected chi connectivity index (χ0v) is 14.0. The number of carboxylic acids is 1. The average Bonchev–Trinajstić information content (AvgIpc) is 2.60. The third-order valence-electron chi connectivity index (χ3n) is 3.42. The number of nitrogens with zero attached hydrogens (tertiary/aromatic N) is 2. The number of nitrogens with one attached hydrogen (secondary N) is 2. The number of para-hydroxylation sites is 1. The summed E-state index contributed by atoms with van der Waals surface area (Å²) in [7, 11) is 1.55. The van der Waals surface area contributed by atoms with Gasteiger partial charge in [-0.1, -0.05) is 23.7 Å². The van der Waals surface area contributed by atoms with Gasteiger partial charge in [0.25, 0.3) is 0 Å². The molecule has 7 nitrogen and oxygen atoms in total. The lowest BCUT2D eigenvalue weighted by Gasteiger charge is -2.13. The van der Waals surface area contributed by atoms with Crippen molar-refractivity contribution in [2.24, 2.45) is 0 Å². The summed E-state index contributed by atoms with van der Waals surface area (Å²) in [5, 5.41) is 16.0. The van der Waals surface area contributed by atoms with Crippen LogP contribution < -0.4 is 15.4 Å². The van der Waals surface area contributed by atoms with E-state index < -0.39 is 5.97 Å². The number of anilines is 3. The van der Waals surface area contributed by atoms with E-state index in [2.05, 4.69) is 20.6 Å². The Balaban J connectivity index is 2.02. The third-order valence-corrected chi connectivity index (χ3v) is 3.65. The summed E-state index contributed by atoms with van der Waals surface area (Å²) in [4.78, 5) is 19.7. The molecule has 0 atom stereocenters. The maximum absolute atomic E-state index is 10.9. The molecule has 0 saturated heterocycles. The summed E-state index contributed by atoms with van der Waals surface area (Å²) in [6.07, 6.45) is 0. The topological polar surface area (TPSA) is 96.4 Å². The van der Waals surface area contributed by atoms with Crippen LogP contribution in [0.5, 0.6) is 5.75 Å². The molecule has 8 heteroatoms. The number of rotatable bonds is 6. The van der Waals surface area contributed by atoms with Crippen molar-refractivity contribution < 1.29 is 14.6 Å². The number of hydrogen-bond acceptors (Lipinski definition) is 6. The van der Waals surface area contributed by atoms with Crippen LogP contribution >= 0.6 is 11.6 Å². The second-order valence-corrected chi connectivity index (χ2v) is 5.57. The number of halogens is 1. The zero-order chi connectivity index (χ0) is 17.8. The fourth-order valence-electron chi connectivity index (χ4n) is 2.32. The number of ether oxygens (including phenoxy) is 1. The molecule has 0 fully saturated rings. The van der Waals surface area contributed by atoms with Gasteiger partial charge in [-0.3, -0.25) is 4.79 Å². The van der Waals surface area contributed by atoms with Gasteiger partial charge in [-0.2, -0.15) is 4.98 Å². The summed E-state index contributed by atoms with van der Waals surface area (Å²) in [6, 6.07) is 12.5. The fourth-order valence-corrected chi connectivity index (χ4v) is 2.50. The van der Waals surface area contributed by atoms with E-state index in [4.69, 9.17) is 21.4 Å². The van der Waals surface area contributed by atoms with Gasteiger partial charge in [-0.05, 0) is 30.3 Å². The number of benzene rings is 2. The average molecular weight is 359 g/mol. The number of carbonyl (C=O) groups is 1. The lowest BCUT2D eigenvalue weighted by molar-refractivity contribution is -0.134. The molecule has 0 aliphatic heterocycles. The van der Waals surface area contributed by atoms with Gasteiger partial charge >= 0.3 is 5.97 Å². The molecule has 0 aliphatic carbocycles. The lowest BCUT2D eigenvalue weighted by atomic mass is 10.2. The Labute approximate surface area is 148 Å². The van der Waals surface area contributed by atoms with Crippen LogP contribution in [0.1, 0.15) is 0 Å². The Morgan fingerprint density at radius 2 is 2.04 bits per heavy atom. The van der Waals surface area contributed by atoms with Gasteiger partial charge in [0.05, 0.1) is 18.3 Å². The first-order valence-electron chi connectivity index (χ1n) is 7.40. The molecule has 0 amide bonds. The standard InChI is InChI=1S/C17H15ClN4O3/c1-25-14-7-6-10(18)8-13(14)21-17-20-12-5-3-2-4-11(12)16(22-17)19-9-15(23)24/h2-8H,9H2,1H3,(H,23,24)(H2,19,20,21,22). The minimum Gasteiger partial charge on any atom is -0.495 e. The number of methoxy groups -OCH3 is 1. The van der Waals surface area contributed by atoms with Crippen LogP contribution in [0.25, 0.3) is 10.9 Å². The summed E-state index contributed by atoms with van der Waals surface area (Å²) in [6.45, 7) is -0.249. The molecule has 0 saturated carbocycles. The van der Waals surface area contributed by atoms with Crippen molar-refractivity contribution in [2.75, 3.05) is 24.3 Å². The van der Waals surface area contributed by atoms with Gasteiger partial charge in [-0.25, -0.2) is 4.98 Å². The zero-order valence-electron chi connectivity index (χ0n) is 13.3. The maximum atomic E-state index is 10.9. The number of aliphatic carboxylic acids is 1. The van der Waals surface area contributed by atoms with Crippen LogP contribution in [0.15, 0.2) is 42.5 Å². The van der Waals surface area contributed by atoms with Crippen LogP contribution in [0.4, 0.5) is 17.5 Å². The van der Waals surface area contributed by atoms with Gasteiger partial charge in [0, 0.05) is 10.4 Å². The predicted octanol–water partition coefficient (Wildman–Crippen LogP) is 3.53. The van der Waals surface area contributed by atoms with E-state index in [1.807, 2.05) is 24.3 Å². The summed E-state index contributed by atoms with van der Waals surface area (Å²) in [5.41, 5.74) is 1.28. The Kier molecular flexibility index (Phi) is 4.85. The molecule has 1 heterocycles. The monoisotopic (exact) mass is 358 g/mol. The van der Waals surface area contributed by atoms with Gasteiger partial charge in [0.15, 0.2) is 0 Å². The molecule has 3 rings (SSSR count). The lowest BCUT2D eigenvalue weighted by Crippen LogP contribution is -2.14. The molecular formula is C17H15ClN4O3. The van der Waals surface area contributed by atoms with Crippen molar-refractivity contribution in [2.45, 2.75) is 0 Å². The Morgan fingerprint density at radius 1 is 1.24 bits per heavy atom. The Morgan fingerprint density at radius 3 is 2.80 bits per heavy atom. The van der Waals surface area contributed by atoms with Crippen molar-refractivity contribution in [3.8, 4) is 5.75 Å². The van der Waals surface area contributed by atoms with Crippen molar-refractivity contribution in [1.29, 1.82) is 0 Å². The molecule has 2 aromatic carbocycles. The summed E-state index contributed by atoms with van der Waals surface area (Å²) < 4.78 is 5.30. The molecule has 0 spiro atoms. The first kappa shape index (κ1) is 16.8. The molecule has 3 aromatic rings. The predicted molar refractivity (Wildman–Crippen MR) is 97.0 cm³/mol. The highest BCUT2D eigenvalue weighted by molar-refractivity contribution is 6.31. The largest absolute Gasteiger partial charge is 0.495 e. The first-order chi connectivity index (χ1) is 12.1. The highest BCUT2D eigenvalue weighted by atomic mass is 35.5. The molecule has 3 N–H and O–H groups in total. The van der Waals surface area contributed by atoms with Crippen LogP contribution in [-0.4, -0.2) is 34.7 Å². The van der Waals surface area contributed by atoms with Crippen LogP contribution in [0.3, 0.4) is 0 Å². The Hall–Kier alpha value is -3.06. The number of carboxylic acid groups (broad SMARTS) is 1. The van der Waals surface area contributed by atoms with Crippen molar-refractivity contribution in [1.82, 2.24) is 9.97 Å². The molecule has 0 radical (unpaired) electrons. The van der Waals surface area contributed by atoms with Crippen molar-refractivity contribution in [3.63, 3.8) is 0 Å². The molecule has 0 bridgehead atoms. The minimum atomic E-state index is -0.978. The van der Waals surface area contributed by atoms with Crippen LogP contribution in [0.2, 0.25) is 5.02 Å². The second kappa shape index (κ2) is 7.23. The molecule has 25 heavy (non-hydrogen) atoms. The molecule has 0 aliphatic rings. The summed E-state index contributed by atoms with van der Waals surface area (Å²) >= 11 is 6.04. The van der Waals surface area contributed by atoms with Crippen molar-refractivity contribution in [3.05, 3.63) is 47.5 Å². The third kappa shape index (κ3) is 3.89. The minimum absolute atomic E-state index is 0.249. The van der Waals surface area contributed by atoms with Gasteiger partial charge < -0.3 is 20.5 Å². The number of aromatic nitrogens is 2. The smallest absolute Gasteiger partial charge is 0.322 e. The normalized spacial score (nSPS) is 10.5. The van der Waals surface area contributed by atoms with Gasteiger partial charge in [-0.15, -0.1) is 0 Å². The van der Waals surface area contributed by atoms with E-state index in [0.717, 1.165) is 5.39 Å². The van der Waals surface area contributed by atoms with E-state index in [-0.39, 0.29) is 6.54 Å². The molecule has 1 aromatic heterocycles. The number of hydrogen-bond donors (Lipinski definition) is 3. The maximum Gasteiger partial charge on any atom is 0.322 e. The first-order valence-corrected chi connectivity index (χ1v) is 7.77. The Bertz CT molecular complexity index is 933. The molecular weight excluding hydrogens is 344 g/mol. The summed E-state index contributed by atoms with van der Waals surface area (Å²) in [5.74, 6) is 0.332. The molecule has 128 valence electrons. The van der Waals surface area contributed by atoms with E-state index in [1.165, 1.54) is 0 Å². The SMILES string of the molecule is COc1ccc(Cl)cc1Nc1nc(NCC(=O)O)c2ccccc2n1. The fraction of sp³-hybridized carbons (Fsp3) is 0.118.